The summed E-state index contributed by atoms with van der Waals surface area (Å²) in [5.41, 5.74) is 0. The number of carbonyl (C=O) groups is 1. The molecule has 22 heavy (non-hydrogen) atoms. The molecule has 2 aliphatic rings. The third-order valence-corrected chi connectivity index (χ3v) is 4.47. The van der Waals surface area contributed by atoms with Crippen molar-refractivity contribution in [2.45, 2.75) is 70.3 Å². The lowest BCUT2D eigenvalue weighted by molar-refractivity contribution is -0.150. The maximum atomic E-state index is 11.6. The van der Waals surface area contributed by atoms with Gasteiger partial charge in [-0.05, 0) is 19.3 Å². The molecule has 0 aromatic carbocycles. The van der Waals surface area contributed by atoms with Crippen molar-refractivity contribution in [1.29, 1.82) is 0 Å². The molecule has 2 rings (SSSR count). The van der Waals surface area contributed by atoms with Gasteiger partial charge in [-0.1, -0.05) is 26.7 Å². The zero-order chi connectivity index (χ0) is 15.9. The molecule has 0 bridgehead atoms. The van der Waals surface area contributed by atoms with E-state index >= 15 is 0 Å². The zero-order valence-corrected chi connectivity index (χ0v) is 13.6. The number of amides is 1. The molecule has 6 heteroatoms. The lowest BCUT2D eigenvalue weighted by Gasteiger charge is -2.42. The van der Waals surface area contributed by atoms with Gasteiger partial charge in [-0.2, -0.15) is 0 Å². The van der Waals surface area contributed by atoms with E-state index in [4.69, 9.17) is 14.2 Å². The van der Waals surface area contributed by atoms with E-state index in [9.17, 15) is 9.90 Å². The van der Waals surface area contributed by atoms with Crippen LogP contribution in [0.2, 0.25) is 0 Å². The number of rotatable bonds is 9. The lowest BCUT2D eigenvalue weighted by Crippen LogP contribution is -2.58. The number of unbranched alkanes of at least 4 members (excludes halogenated alkanes) is 2. The van der Waals surface area contributed by atoms with Gasteiger partial charge in [0.15, 0.2) is 0 Å². The molecule has 1 aliphatic heterocycles. The first kappa shape index (κ1) is 17.5. The molecule has 6 nitrogen and oxygen atoms in total. The Morgan fingerprint density at radius 2 is 1.82 bits per heavy atom. The maximum Gasteiger partial charge on any atom is 0.407 e. The van der Waals surface area contributed by atoms with Crippen LogP contribution in [-0.4, -0.2) is 55.4 Å². The minimum Gasteiger partial charge on any atom is -0.444 e. The predicted molar refractivity (Wildman–Crippen MR) is 81.7 cm³/mol. The number of hydrogen-bond donors (Lipinski definition) is 2. The number of alkyl carbamates (subject to hydrolysis) is 1. The summed E-state index contributed by atoms with van der Waals surface area (Å²) < 4.78 is 17.4. The van der Waals surface area contributed by atoms with E-state index in [1.165, 1.54) is 0 Å². The average molecular weight is 315 g/mol. The molecule has 2 N–H and O–H groups in total. The lowest BCUT2D eigenvalue weighted by atomic mass is 9.80. The summed E-state index contributed by atoms with van der Waals surface area (Å²) in [6, 6.07) is -0.182. The third-order valence-electron chi connectivity index (χ3n) is 4.47. The molecule has 128 valence electrons. The Labute approximate surface area is 132 Å². The van der Waals surface area contributed by atoms with E-state index < -0.39 is 6.09 Å². The zero-order valence-electron chi connectivity index (χ0n) is 13.6. The van der Waals surface area contributed by atoms with E-state index in [2.05, 4.69) is 19.2 Å². The van der Waals surface area contributed by atoms with Gasteiger partial charge in [0.05, 0.1) is 12.1 Å². The number of nitrogens with one attached hydrogen (secondary N) is 1. The summed E-state index contributed by atoms with van der Waals surface area (Å²) in [4.78, 5) is 11.6. The monoisotopic (exact) mass is 315 g/mol. The Bertz CT molecular complexity index is 351. The minimum absolute atomic E-state index is 0.0190. The molecule has 0 aromatic heterocycles. The highest BCUT2D eigenvalue weighted by Crippen LogP contribution is 2.34. The topological polar surface area (TPSA) is 77.0 Å². The van der Waals surface area contributed by atoms with Gasteiger partial charge in [0, 0.05) is 25.7 Å². The van der Waals surface area contributed by atoms with E-state index in [1.54, 1.807) is 0 Å². The summed E-state index contributed by atoms with van der Waals surface area (Å²) in [6.45, 7) is 5.53. The molecule has 5 unspecified atom stereocenters. The number of aliphatic hydroxyl groups is 1. The van der Waals surface area contributed by atoms with Crippen LogP contribution in [0.25, 0.3) is 0 Å². The molecule has 1 aliphatic carbocycles. The average Bonchev–Trinajstić information content (AvgIpc) is 2.88. The normalized spacial score (nSPS) is 34.1. The van der Waals surface area contributed by atoms with Crippen molar-refractivity contribution in [2.24, 2.45) is 5.92 Å². The largest absolute Gasteiger partial charge is 0.444 e. The van der Waals surface area contributed by atoms with Gasteiger partial charge >= 0.3 is 6.09 Å². The van der Waals surface area contributed by atoms with Gasteiger partial charge in [-0.15, -0.1) is 0 Å². The standard InChI is InChI=1S/C16H29NO5/c1-3-5-7-20-14-11(10-18)9-12-13(17-16(19)22-12)15(14)21-8-6-4-2/h11-15,18H,3-10H2,1-2H3,(H,17,19). The maximum absolute atomic E-state index is 11.6. The fraction of sp³-hybridized carbons (Fsp3) is 0.938. The molecule has 0 spiro atoms. The first-order valence-electron chi connectivity index (χ1n) is 8.52. The van der Waals surface area contributed by atoms with Crippen LogP contribution >= 0.6 is 0 Å². The molecular formula is C16H29NO5. The van der Waals surface area contributed by atoms with E-state index in [-0.39, 0.29) is 36.9 Å². The van der Waals surface area contributed by atoms with E-state index in [1.807, 2.05) is 0 Å². The molecule has 1 saturated heterocycles. The van der Waals surface area contributed by atoms with Gasteiger partial charge in [0.2, 0.25) is 0 Å². The summed E-state index contributed by atoms with van der Waals surface area (Å²) in [5, 5.41) is 12.5. The smallest absolute Gasteiger partial charge is 0.407 e. The van der Waals surface area contributed by atoms with Crippen LogP contribution in [0.4, 0.5) is 4.79 Å². The second-order valence-corrected chi connectivity index (χ2v) is 6.17. The second kappa shape index (κ2) is 8.70. The Morgan fingerprint density at radius 3 is 2.41 bits per heavy atom. The number of aliphatic hydroxyl groups excluding tert-OH is 1. The number of hydrogen-bond acceptors (Lipinski definition) is 5. The Balaban J connectivity index is 2.06. The van der Waals surface area contributed by atoms with Crippen LogP contribution in [0.1, 0.15) is 46.0 Å². The van der Waals surface area contributed by atoms with Crippen molar-refractivity contribution in [3.05, 3.63) is 0 Å². The molecule has 0 aromatic rings. The van der Waals surface area contributed by atoms with Crippen molar-refractivity contribution in [3.63, 3.8) is 0 Å². The van der Waals surface area contributed by atoms with Crippen molar-refractivity contribution >= 4 is 6.09 Å². The molecule has 1 heterocycles. The van der Waals surface area contributed by atoms with Crippen molar-refractivity contribution in [2.75, 3.05) is 19.8 Å². The predicted octanol–water partition coefficient (Wildman–Crippen LogP) is 1.85. The summed E-state index contributed by atoms with van der Waals surface area (Å²) in [5.74, 6) is -0.0579. The van der Waals surface area contributed by atoms with Gasteiger partial charge in [0.1, 0.15) is 12.2 Å². The Morgan fingerprint density at radius 1 is 1.18 bits per heavy atom. The number of carbonyl (C=O) groups excluding carboxylic acids is 1. The van der Waals surface area contributed by atoms with Crippen molar-refractivity contribution in [3.8, 4) is 0 Å². The van der Waals surface area contributed by atoms with Crippen molar-refractivity contribution < 1.29 is 24.1 Å². The van der Waals surface area contributed by atoms with Crippen LogP contribution < -0.4 is 5.32 Å². The highest BCUT2D eigenvalue weighted by molar-refractivity contribution is 5.70. The molecule has 2 fully saturated rings. The van der Waals surface area contributed by atoms with Gasteiger partial charge < -0.3 is 24.6 Å². The number of fused-ring (bicyclic) bond motifs is 1. The minimum atomic E-state index is -0.398. The van der Waals surface area contributed by atoms with Crippen LogP contribution in [-0.2, 0) is 14.2 Å². The molecule has 5 atom stereocenters. The first-order chi connectivity index (χ1) is 10.7. The molecule has 1 saturated carbocycles. The molecular weight excluding hydrogens is 286 g/mol. The quantitative estimate of drug-likeness (QED) is 0.635. The van der Waals surface area contributed by atoms with Crippen molar-refractivity contribution in [1.82, 2.24) is 5.32 Å². The molecule has 0 radical (unpaired) electrons. The van der Waals surface area contributed by atoms with Gasteiger partial charge in [-0.25, -0.2) is 4.79 Å². The highest BCUT2D eigenvalue weighted by atomic mass is 16.6. The van der Waals surface area contributed by atoms with Crippen LogP contribution in [0, 0.1) is 5.92 Å². The van der Waals surface area contributed by atoms with Crippen LogP contribution in [0.5, 0.6) is 0 Å². The Hall–Kier alpha value is -0.850. The van der Waals surface area contributed by atoms with E-state index in [0.29, 0.717) is 19.6 Å². The summed E-state index contributed by atoms with van der Waals surface area (Å²) in [7, 11) is 0. The van der Waals surface area contributed by atoms with Crippen LogP contribution in [0.3, 0.4) is 0 Å². The van der Waals surface area contributed by atoms with Crippen LogP contribution in [0.15, 0.2) is 0 Å². The second-order valence-electron chi connectivity index (χ2n) is 6.17. The SMILES string of the molecule is CCCCOC1C(CO)CC2OC(=O)NC2C1OCCCC. The first-order valence-corrected chi connectivity index (χ1v) is 8.52. The molecule has 1 amide bonds. The Kier molecular flexibility index (Phi) is 6.92. The van der Waals surface area contributed by atoms with Gasteiger partial charge in [0.25, 0.3) is 0 Å². The fourth-order valence-electron chi connectivity index (χ4n) is 3.20. The fourth-order valence-corrected chi connectivity index (χ4v) is 3.20. The van der Waals surface area contributed by atoms with Gasteiger partial charge in [-0.3, -0.25) is 0 Å². The summed E-state index contributed by atoms with van der Waals surface area (Å²) in [6.07, 6.45) is 3.58. The van der Waals surface area contributed by atoms with E-state index in [0.717, 1.165) is 25.7 Å². The third kappa shape index (κ3) is 4.12. The highest BCUT2D eigenvalue weighted by Gasteiger charge is 2.51. The summed E-state index contributed by atoms with van der Waals surface area (Å²) >= 11 is 0. The number of ether oxygens (including phenoxy) is 3.